The van der Waals surface area contributed by atoms with Gasteiger partial charge in [-0.05, 0) is 50.1 Å². The third-order valence-electron chi connectivity index (χ3n) is 5.56. The van der Waals surface area contributed by atoms with E-state index in [4.69, 9.17) is 0 Å². The van der Waals surface area contributed by atoms with Crippen LogP contribution in [0.4, 0.5) is 26.3 Å². The van der Waals surface area contributed by atoms with Gasteiger partial charge in [0.05, 0.1) is 17.2 Å². The van der Waals surface area contributed by atoms with Gasteiger partial charge in [0.1, 0.15) is 0 Å². The maximum atomic E-state index is 13.1. The van der Waals surface area contributed by atoms with E-state index in [1.54, 1.807) is 13.0 Å². The highest BCUT2D eigenvalue weighted by atomic mass is 32.1. The lowest BCUT2D eigenvalue weighted by Gasteiger charge is -2.28. The van der Waals surface area contributed by atoms with Crippen molar-refractivity contribution in [1.82, 2.24) is 5.32 Å². The van der Waals surface area contributed by atoms with Crippen LogP contribution in [-0.2, 0) is 17.8 Å². The Morgan fingerprint density at radius 1 is 1.06 bits per heavy atom. The minimum atomic E-state index is -5.02. The van der Waals surface area contributed by atoms with Crippen LogP contribution in [0.25, 0.3) is 0 Å². The van der Waals surface area contributed by atoms with E-state index in [9.17, 15) is 36.2 Å². The van der Waals surface area contributed by atoms with Crippen LogP contribution >= 0.6 is 11.3 Å². The van der Waals surface area contributed by atoms with Crippen LogP contribution in [0.1, 0.15) is 70.0 Å². The first-order valence-corrected chi connectivity index (χ1v) is 10.5. The molecule has 1 aromatic carbocycles. The summed E-state index contributed by atoms with van der Waals surface area (Å²) in [5.41, 5.74) is -4.20. The molecule has 0 spiro atoms. The summed E-state index contributed by atoms with van der Waals surface area (Å²) >= 11 is 1.40. The minimum Gasteiger partial charge on any atom is -0.388 e. The largest absolute Gasteiger partial charge is 0.416 e. The summed E-state index contributed by atoms with van der Waals surface area (Å²) in [7, 11) is 0. The van der Waals surface area contributed by atoms with Gasteiger partial charge in [-0.2, -0.15) is 26.3 Å². The molecule has 1 heterocycles. The van der Waals surface area contributed by atoms with Crippen molar-refractivity contribution in [2.75, 3.05) is 6.54 Å². The number of benzene rings is 1. The minimum absolute atomic E-state index is 0.00151. The molecule has 1 unspecified atom stereocenters. The van der Waals surface area contributed by atoms with Crippen molar-refractivity contribution >= 4 is 17.2 Å². The van der Waals surface area contributed by atoms with Gasteiger partial charge >= 0.3 is 12.4 Å². The highest BCUT2D eigenvalue weighted by Crippen LogP contribution is 2.44. The Morgan fingerprint density at radius 2 is 1.61 bits per heavy atom. The number of carbonyl (C=O) groups is 1. The summed E-state index contributed by atoms with van der Waals surface area (Å²) in [6, 6.07) is 4.51. The molecule has 170 valence electrons. The zero-order valence-electron chi connectivity index (χ0n) is 16.5. The number of aliphatic hydroxyl groups excluding tert-OH is 1. The number of nitrogens with one attached hydrogen (secondary N) is 1. The highest BCUT2D eigenvalue weighted by molar-refractivity contribution is 7.12. The second-order valence-corrected chi connectivity index (χ2v) is 8.96. The van der Waals surface area contributed by atoms with E-state index in [0.29, 0.717) is 12.1 Å². The Bertz CT molecular complexity index is 910. The second-order valence-electron chi connectivity index (χ2n) is 7.84. The molecular weight excluding hydrogens is 444 g/mol. The number of halogens is 6. The van der Waals surface area contributed by atoms with Crippen molar-refractivity contribution in [1.29, 1.82) is 0 Å². The van der Waals surface area contributed by atoms with Gasteiger partial charge in [0.15, 0.2) is 0 Å². The topological polar surface area (TPSA) is 49.3 Å². The molecule has 0 radical (unpaired) electrons. The van der Waals surface area contributed by atoms with Crippen molar-refractivity contribution in [2.24, 2.45) is 0 Å². The molecule has 2 N–H and O–H groups in total. The fraction of sp³-hybridized carbons (Fsp3) is 0.476. The summed E-state index contributed by atoms with van der Waals surface area (Å²) in [5, 5.41) is 12.3. The van der Waals surface area contributed by atoms with E-state index < -0.39 is 46.5 Å². The van der Waals surface area contributed by atoms with E-state index >= 15 is 0 Å². The standard InChI is InChI=1S/C21H21F6NO2S/c1-12(29)16-4-5-17(31-16)19(6-2-3-7-19)11-28-18(30)13-8-14(20(22,23)24)10-15(9-13)21(25,26)27/h4-5,8-10,12,29H,2-3,6-7,11H2,1H3,(H,28,30). The first-order chi connectivity index (χ1) is 14.3. The van der Waals surface area contributed by atoms with E-state index in [1.165, 1.54) is 11.3 Å². The molecule has 1 aromatic heterocycles. The molecule has 1 aliphatic rings. The smallest absolute Gasteiger partial charge is 0.388 e. The molecule has 0 aliphatic heterocycles. The van der Waals surface area contributed by atoms with Gasteiger partial charge in [0.2, 0.25) is 0 Å². The number of rotatable bonds is 5. The summed E-state index contributed by atoms with van der Waals surface area (Å²) in [6.45, 7) is 1.72. The van der Waals surface area contributed by atoms with Crippen LogP contribution in [0.3, 0.4) is 0 Å². The van der Waals surface area contributed by atoms with Gasteiger partial charge < -0.3 is 10.4 Å². The van der Waals surface area contributed by atoms with E-state index in [-0.39, 0.29) is 12.6 Å². The molecule has 1 atom stereocenters. The Kier molecular flexibility index (Phi) is 6.44. The predicted octanol–water partition coefficient (Wildman–Crippen LogP) is 6.08. The monoisotopic (exact) mass is 465 g/mol. The molecule has 0 bridgehead atoms. The van der Waals surface area contributed by atoms with Crippen LogP contribution in [0.2, 0.25) is 0 Å². The van der Waals surface area contributed by atoms with Gasteiger partial charge in [0, 0.05) is 27.3 Å². The van der Waals surface area contributed by atoms with Gasteiger partial charge in [-0.1, -0.05) is 12.8 Å². The molecule has 0 saturated heterocycles. The van der Waals surface area contributed by atoms with Crippen molar-refractivity contribution in [2.45, 2.75) is 56.5 Å². The van der Waals surface area contributed by atoms with Crippen molar-refractivity contribution in [3.05, 3.63) is 56.8 Å². The third-order valence-corrected chi connectivity index (χ3v) is 7.06. The Hall–Kier alpha value is -2.07. The average Bonchev–Trinajstić information content (AvgIpc) is 3.34. The Morgan fingerprint density at radius 3 is 2.06 bits per heavy atom. The fourth-order valence-electron chi connectivity index (χ4n) is 3.86. The number of aliphatic hydroxyl groups is 1. The van der Waals surface area contributed by atoms with Gasteiger partial charge in [-0.15, -0.1) is 11.3 Å². The lowest BCUT2D eigenvalue weighted by molar-refractivity contribution is -0.143. The lowest BCUT2D eigenvalue weighted by atomic mass is 9.84. The van der Waals surface area contributed by atoms with Crippen molar-refractivity contribution in [3.8, 4) is 0 Å². The number of hydrogen-bond donors (Lipinski definition) is 2. The summed E-state index contributed by atoms with van der Waals surface area (Å²) in [6.07, 6.45) is -7.46. The van der Waals surface area contributed by atoms with Gasteiger partial charge in [-0.25, -0.2) is 0 Å². The molecule has 1 saturated carbocycles. The quantitative estimate of drug-likeness (QED) is 0.526. The molecule has 10 heteroatoms. The Balaban J connectivity index is 1.86. The zero-order chi connectivity index (χ0) is 23.0. The first-order valence-electron chi connectivity index (χ1n) is 9.68. The number of alkyl halides is 6. The van der Waals surface area contributed by atoms with Crippen LogP contribution < -0.4 is 5.32 Å². The summed E-state index contributed by atoms with van der Waals surface area (Å²) in [4.78, 5) is 14.2. The number of hydrogen-bond acceptors (Lipinski definition) is 3. The van der Waals surface area contributed by atoms with Crippen molar-refractivity contribution in [3.63, 3.8) is 0 Å². The Labute approximate surface area is 179 Å². The molecule has 1 aliphatic carbocycles. The summed E-state index contributed by atoms with van der Waals surface area (Å²) < 4.78 is 78.4. The van der Waals surface area contributed by atoms with E-state index in [1.807, 2.05) is 6.07 Å². The molecule has 31 heavy (non-hydrogen) atoms. The lowest BCUT2D eigenvalue weighted by Crippen LogP contribution is -2.38. The molecule has 3 nitrogen and oxygen atoms in total. The average molecular weight is 465 g/mol. The maximum absolute atomic E-state index is 13.1. The fourth-order valence-corrected chi connectivity index (χ4v) is 5.05. The zero-order valence-corrected chi connectivity index (χ0v) is 17.3. The molecule has 3 rings (SSSR count). The second kappa shape index (κ2) is 8.46. The normalized spacial score (nSPS) is 17.5. The SMILES string of the molecule is CC(O)c1ccc(C2(CNC(=O)c3cc(C(F)(F)F)cc(C(F)(F)F)c3)CCCC2)s1. The van der Waals surface area contributed by atoms with Gasteiger partial charge in [0.25, 0.3) is 5.91 Å². The number of carbonyl (C=O) groups excluding carboxylic acids is 1. The van der Waals surface area contributed by atoms with Crippen LogP contribution in [0.5, 0.6) is 0 Å². The van der Waals surface area contributed by atoms with Crippen LogP contribution in [0, 0.1) is 0 Å². The van der Waals surface area contributed by atoms with E-state index in [2.05, 4.69) is 5.32 Å². The molecule has 2 aromatic rings. The summed E-state index contributed by atoms with van der Waals surface area (Å²) in [5.74, 6) is -0.991. The molecular formula is C21H21F6NO2S. The number of amides is 1. The van der Waals surface area contributed by atoms with Crippen molar-refractivity contribution < 1.29 is 36.2 Å². The van der Waals surface area contributed by atoms with Gasteiger partial charge in [-0.3, -0.25) is 4.79 Å². The third kappa shape index (κ3) is 5.23. The highest BCUT2D eigenvalue weighted by Gasteiger charge is 2.39. The van der Waals surface area contributed by atoms with Crippen LogP contribution in [0.15, 0.2) is 30.3 Å². The maximum Gasteiger partial charge on any atom is 0.416 e. The molecule has 1 amide bonds. The van der Waals surface area contributed by atoms with Crippen LogP contribution in [-0.4, -0.2) is 17.6 Å². The molecule has 1 fully saturated rings. The van der Waals surface area contributed by atoms with E-state index in [0.717, 1.165) is 35.4 Å². The number of thiophene rings is 1. The first kappa shape index (κ1) is 23.6. The predicted molar refractivity (Wildman–Crippen MR) is 104 cm³/mol.